The van der Waals surface area contributed by atoms with E-state index in [0.717, 1.165) is 48.3 Å². The van der Waals surface area contributed by atoms with Crippen LogP contribution in [0.5, 0.6) is 0 Å². The van der Waals surface area contributed by atoms with Crippen molar-refractivity contribution >= 4 is 23.6 Å². The maximum atomic E-state index is 12.5. The predicted octanol–water partition coefficient (Wildman–Crippen LogP) is 4.55. The molecule has 6 rings (SSSR count). The van der Waals surface area contributed by atoms with Gasteiger partial charge in [0.15, 0.2) is 5.70 Å². The first kappa shape index (κ1) is 18.4. The van der Waals surface area contributed by atoms with Crippen LogP contribution in [0.25, 0.3) is 6.08 Å². The zero-order valence-corrected chi connectivity index (χ0v) is 16.9. The first-order valence-electron chi connectivity index (χ1n) is 10.8. The van der Waals surface area contributed by atoms with Crippen molar-refractivity contribution in [2.75, 3.05) is 18.5 Å². The highest BCUT2D eigenvalue weighted by molar-refractivity contribution is 6.09. The van der Waals surface area contributed by atoms with Crippen molar-refractivity contribution in [1.82, 2.24) is 0 Å². The lowest BCUT2D eigenvalue weighted by molar-refractivity contribution is -0.131. The van der Waals surface area contributed by atoms with Crippen molar-refractivity contribution in [1.29, 1.82) is 5.26 Å². The molecule has 0 unspecified atom stereocenters. The molecule has 4 fully saturated rings. The molecule has 0 atom stereocenters. The molecule has 4 saturated carbocycles. The Balaban J connectivity index is 1.35. The number of rotatable bonds is 5. The number of aliphatic imine (C=N–C) groups is 1. The van der Waals surface area contributed by atoms with E-state index in [0.29, 0.717) is 24.6 Å². The molecule has 0 saturated heterocycles. The van der Waals surface area contributed by atoms with Crippen molar-refractivity contribution < 1.29 is 9.53 Å². The number of anilines is 1. The highest BCUT2D eigenvalue weighted by Crippen LogP contribution is 2.61. The Hall–Kier alpha value is -2.61. The molecule has 0 aromatic heterocycles. The van der Waals surface area contributed by atoms with Crippen LogP contribution in [0.4, 0.5) is 5.69 Å². The van der Waals surface area contributed by atoms with Gasteiger partial charge in [-0.15, -0.1) is 0 Å². The molecule has 0 N–H and O–H groups in total. The second-order valence-electron chi connectivity index (χ2n) is 9.46. The Kier molecular flexibility index (Phi) is 4.46. The Morgan fingerprint density at radius 2 is 1.79 bits per heavy atom. The fourth-order valence-electron chi connectivity index (χ4n) is 6.34. The van der Waals surface area contributed by atoms with E-state index < -0.39 is 0 Å². The summed E-state index contributed by atoms with van der Waals surface area (Å²) in [5, 5.41) is 8.74. The number of benzene rings is 1. The van der Waals surface area contributed by atoms with Gasteiger partial charge < -0.3 is 9.64 Å². The molecular formula is C24H27N3O2. The number of carbonyl (C=O) groups excluding carboxylic acids is 1. The molecule has 0 amide bonds. The second kappa shape index (κ2) is 7.02. The first-order valence-corrected chi connectivity index (χ1v) is 10.8. The van der Waals surface area contributed by atoms with E-state index in [4.69, 9.17) is 15.0 Å². The Morgan fingerprint density at radius 3 is 2.38 bits per heavy atom. The van der Waals surface area contributed by atoms with Crippen LogP contribution in [0.3, 0.4) is 0 Å². The van der Waals surface area contributed by atoms with Gasteiger partial charge in [0, 0.05) is 24.7 Å². The zero-order valence-electron chi connectivity index (χ0n) is 16.9. The van der Waals surface area contributed by atoms with Crippen molar-refractivity contribution in [2.24, 2.45) is 28.2 Å². The molecule has 4 bridgehead atoms. The minimum atomic E-state index is -0.314. The number of hydrogen-bond donors (Lipinski definition) is 0. The van der Waals surface area contributed by atoms with Gasteiger partial charge in [0.05, 0.1) is 12.5 Å². The van der Waals surface area contributed by atoms with E-state index in [1.807, 2.05) is 42.3 Å². The van der Waals surface area contributed by atoms with Gasteiger partial charge in [0.2, 0.25) is 5.90 Å². The van der Waals surface area contributed by atoms with Gasteiger partial charge in [-0.1, -0.05) is 12.1 Å². The van der Waals surface area contributed by atoms with E-state index in [2.05, 4.69) is 6.07 Å². The quantitative estimate of drug-likeness (QED) is 0.547. The molecule has 1 heterocycles. The van der Waals surface area contributed by atoms with E-state index in [-0.39, 0.29) is 11.4 Å². The topological polar surface area (TPSA) is 65.7 Å². The normalized spacial score (nSPS) is 33.5. The molecule has 0 radical (unpaired) electrons. The summed E-state index contributed by atoms with van der Waals surface area (Å²) in [7, 11) is 1.97. The average molecular weight is 389 g/mol. The van der Waals surface area contributed by atoms with Crippen molar-refractivity contribution in [3.8, 4) is 6.07 Å². The van der Waals surface area contributed by atoms with Gasteiger partial charge in [0.1, 0.15) is 0 Å². The number of carbonyl (C=O) groups is 1. The predicted molar refractivity (Wildman–Crippen MR) is 112 cm³/mol. The number of nitriles is 1. The molecule has 150 valence electrons. The van der Waals surface area contributed by atoms with Crippen LogP contribution in [0, 0.1) is 34.5 Å². The minimum Gasteiger partial charge on any atom is -0.406 e. The largest absolute Gasteiger partial charge is 0.406 e. The maximum absolute atomic E-state index is 12.5. The van der Waals surface area contributed by atoms with Crippen LogP contribution in [0.15, 0.2) is 35.0 Å². The van der Waals surface area contributed by atoms with E-state index in [9.17, 15) is 4.79 Å². The van der Waals surface area contributed by atoms with Gasteiger partial charge in [-0.25, -0.2) is 9.79 Å². The van der Waals surface area contributed by atoms with Crippen LogP contribution >= 0.6 is 0 Å². The third-order valence-electron chi connectivity index (χ3n) is 7.31. The molecule has 1 aliphatic heterocycles. The third-order valence-corrected chi connectivity index (χ3v) is 7.31. The Morgan fingerprint density at radius 1 is 1.17 bits per heavy atom. The van der Waals surface area contributed by atoms with Crippen molar-refractivity contribution in [2.45, 2.75) is 44.9 Å². The van der Waals surface area contributed by atoms with Gasteiger partial charge >= 0.3 is 5.97 Å². The smallest absolute Gasteiger partial charge is 0.363 e. The molecular weight excluding hydrogens is 362 g/mol. The fraction of sp³-hybridized carbons (Fsp3) is 0.542. The number of cyclic esters (lactones) is 1. The Labute approximate surface area is 172 Å². The van der Waals surface area contributed by atoms with Gasteiger partial charge in [-0.3, -0.25) is 0 Å². The summed E-state index contributed by atoms with van der Waals surface area (Å²) < 4.78 is 5.74. The highest BCUT2D eigenvalue weighted by atomic mass is 16.6. The lowest BCUT2D eigenvalue weighted by atomic mass is 9.49. The molecule has 29 heavy (non-hydrogen) atoms. The molecule has 1 aromatic carbocycles. The molecule has 5 nitrogen and oxygen atoms in total. The van der Waals surface area contributed by atoms with Crippen LogP contribution in [0.1, 0.15) is 50.5 Å². The summed E-state index contributed by atoms with van der Waals surface area (Å²) in [5.74, 6) is 2.76. The molecule has 4 aliphatic carbocycles. The lowest BCUT2D eigenvalue weighted by Crippen LogP contribution is -2.50. The fourth-order valence-corrected chi connectivity index (χ4v) is 6.34. The zero-order chi connectivity index (χ0) is 20.0. The van der Waals surface area contributed by atoms with Crippen molar-refractivity contribution in [3.63, 3.8) is 0 Å². The minimum absolute atomic E-state index is 0.00725. The summed E-state index contributed by atoms with van der Waals surface area (Å²) in [6.45, 7) is 0.696. The van der Waals surface area contributed by atoms with Crippen LogP contribution in [-0.4, -0.2) is 25.5 Å². The molecule has 5 heteroatoms. The third kappa shape index (κ3) is 3.35. The average Bonchev–Trinajstić information content (AvgIpc) is 3.07. The monoisotopic (exact) mass is 389 g/mol. The summed E-state index contributed by atoms with van der Waals surface area (Å²) in [6, 6.07) is 10.1. The summed E-state index contributed by atoms with van der Waals surface area (Å²) in [4.78, 5) is 19.3. The van der Waals surface area contributed by atoms with E-state index >= 15 is 0 Å². The van der Waals surface area contributed by atoms with Crippen LogP contribution in [-0.2, 0) is 9.53 Å². The van der Waals surface area contributed by atoms with E-state index in [1.54, 1.807) is 0 Å². The number of esters is 1. The second-order valence-corrected chi connectivity index (χ2v) is 9.46. The summed E-state index contributed by atoms with van der Waals surface area (Å²) in [6.07, 6.45) is 9.83. The maximum Gasteiger partial charge on any atom is 0.363 e. The number of nitrogens with zero attached hydrogens (tertiary/aromatic N) is 3. The van der Waals surface area contributed by atoms with Gasteiger partial charge in [-0.05, 0) is 80.1 Å². The SMILES string of the molecule is CN(CCC#N)c1ccc(C=C2N=C(C34CC5CC(CC(C5)C3)C4)OC2=O)cc1. The highest BCUT2D eigenvalue weighted by Gasteiger charge is 2.55. The summed E-state index contributed by atoms with van der Waals surface area (Å²) >= 11 is 0. The number of ether oxygens (including phenoxy) is 1. The van der Waals surface area contributed by atoms with Crippen molar-refractivity contribution in [3.05, 3.63) is 35.5 Å². The first-order chi connectivity index (χ1) is 14.0. The van der Waals surface area contributed by atoms with Gasteiger partial charge in [0.25, 0.3) is 0 Å². The molecule has 0 spiro atoms. The molecule has 5 aliphatic rings. The van der Waals surface area contributed by atoms with Crippen LogP contribution in [0.2, 0.25) is 0 Å². The van der Waals surface area contributed by atoms with Gasteiger partial charge in [-0.2, -0.15) is 5.26 Å². The Bertz CT molecular complexity index is 887. The summed E-state index contributed by atoms with van der Waals surface area (Å²) in [5.41, 5.74) is 2.41. The van der Waals surface area contributed by atoms with E-state index in [1.165, 1.54) is 19.3 Å². The number of hydrogen-bond acceptors (Lipinski definition) is 5. The standard InChI is InChI=1S/C24H27N3O2/c1-27(8-2-7-25)20-5-3-16(4-6-20)12-21-22(28)29-23(26-21)24-13-17-9-18(14-24)11-19(10-17)15-24/h3-6,12,17-19H,2,8-11,13-15H2,1H3. The molecule has 1 aromatic rings. The van der Waals surface area contributed by atoms with Crippen LogP contribution < -0.4 is 4.90 Å². The lowest BCUT2D eigenvalue weighted by Gasteiger charge is -2.55.